The van der Waals surface area contributed by atoms with Gasteiger partial charge in [-0.3, -0.25) is 9.59 Å². The van der Waals surface area contributed by atoms with E-state index in [9.17, 15) is 14.7 Å². The number of aliphatic hydroxyl groups excluding tert-OH is 1. The minimum Gasteiger partial charge on any atom is -0.497 e. The van der Waals surface area contributed by atoms with E-state index in [0.717, 1.165) is 16.7 Å². The van der Waals surface area contributed by atoms with Crippen LogP contribution in [-0.2, 0) is 11.3 Å². The van der Waals surface area contributed by atoms with Gasteiger partial charge in [-0.2, -0.15) is 0 Å². The number of benzene rings is 2. The average Bonchev–Trinajstić information content (AvgIpc) is 2.83. The molecule has 1 aliphatic heterocycles. The second kappa shape index (κ2) is 9.68. The lowest BCUT2D eigenvalue weighted by Gasteiger charge is -2.42. The molecule has 3 aromatic rings. The Hall–Kier alpha value is -3.03. The van der Waals surface area contributed by atoms with Gasteiger partial charge in [0.05, 0.1) is 30.8 Å². The van der Waals surface area contributed by atoms with Crippen LogP contribution in [0.3, 0.4) is 0 Å². The molecule has 7 nitrogen and oxygen atoms in total. The summed E-state index contributed by atoms with van der Waals surface area (Å²) >= 11 is 5.74. The van der Waals surface area contributed by atoms with E-state index in [1.54, 1.807) is 25.5 Å². The highest BCUT2D eigenvalue weighted by atomic mass is 35.5. The van der Waals surface area contributed by atoms with Gasteiger partial charge >= 0.3 is 0 Å². The van der Waals surface area contributed by atoms with E-state index in [0.29, 0.717) is 30.1 Å². The number of para-hydroxylation sites is 1. The number of nitrogens with zero attached hydrogens (tertiary/aromatic N) is 1. The summed E-state index contributed by atoms with van der Waals surface area (Å²) in [4.78, 5) is 26.5. The van der Waals surface area contributed by atoms with Crippen molar-refractivity contribution in [1.29, 1.82) is 0 Å². The molecule has 8 heteroatoms. The van der Waals surface area contributed by atoms with Crippen LogP contribution in [0.2, 0.25) is 0 Å². The minimum atomic E-state index is -1.12. The highest BCUT2D eigenvalue weighted by Crippen LogP contribution is 2.42. The number of halogens is 1. The smallest absolute Gasteiger partial charge is 0.260 e. The number of ether oxygens (including phenoxy) is 2. The predicted octanol–water partition coefficient (Wildman–Crippen LogP) is 3.77. The highest BCUT2D eigenvalue weighted by molar-refractivity contribution is 6.17. The molecule has 1 amide bonds. The van der Waals surface area contributed by atoms with Crippen LogP contribution >= 0.6 is 11.6 Å². The molecule has 180 valence electrons. The van der Waals surface area contributed by atoms with Crippen molar-refractivity contribution in [3.63, 3.8) is 0 Å². The number of amides is 1. The van der Waals surface area contributed by atoms with Gasteiger partial charge in [-0.15, -0.1) is 11.6 Å². The number of hydrogen-bond acceptors (Lipinski definition) is 5. The number of hydrogen-bond donors (Lipinski definition) is 2. The summed E-state index contributed by atoms with van der Waals surface area (Å²) in [6.07, 6.45) is -0.414. The second-order valence-electron chi connectivity index (χ2n) is 8.99. The first kappa shape index (κ1) is 24.1. The Kier molecular flexibility index (Phi) is 6.86. The van der Waals surface area contributed by atoms with Crippen LogP contribution in [-0.4, -0.2) is 40.3 Å². The molecular weight excluding hydrogens is 456 g/mol. The van der Waals surface area contributed by atoms with Gasteiger partial charge in [-0.25, -0.2) is 0 Å². The predicted molar refractivity (Wildman–Crippen MR) is 132 cm³/mol. The largest absolute Gasteiger partial charge is 0.497 e. The third-order valence-electron chi connectivity index (χ3n) is 6.22. The Bertz CT molecular complexity index is 1250. The standard InChI is InChI=1S/C26H29ClN2O5/c1-26(2)24(31)22(28-20(30)9-6-14-27)21-23(34-26)18-7-4-5-8-19(18)29(25(21)32)15-16-10-12-17(33-3)13-11-16/h4-5,7-8,10-13,22,24,31H,6,9,14-15H2,1-3H3,(H,28,30)/t22-,24+/m1/s1. The molecule has 0 spiro atoms. The first-order chi connectivity index (χ1) is 16.3. The Morgan fingerprint density at radius 2 is 1.91 bits per heavy atom. The molecule has 1 aromatic heterocycles. The molecule has 34 heavy (non-hydrogen) atoms. The van der Waals surface area contributed by atoms with Gasteiger partial charge < -0.3 is 24.5 Å². The Morgan fingerprint density at radius 1 is 1.21 bits per heavy atom. The van der Waals surface area contributed by atoms with E-state index in [4.69, 9.17) is 21.1 Å². The fourth-order valence-corrected chi connectivity index (χ4v) is 4.49. The maximum Gasteiger partial charge on any atom is 0.260 e. The van der Waals surface area contributed by atoms with Crippen molar-refractivity contribution in [3.05, 3.63) is 70.0 Å². The van der Waals surface area contributed by atoms with E-state index in [2.05, 4.69) is 5.32 Å². The van der Waals surface area contributed by atoms with Crippen molar-refractivity contribution >= 4 is 28.4 Å². The van der Waals surface area contributed by atoms with Crippen molar-refractivity contribution in [2.24, 2.45) is 0 Å². The van der Waals surface area contributed by atoms with Crippen LogP contribution in [0.1, 0.15) is 43.9 Å². The average molecular weight is 485 g/mol. The lowest BCUT2D eigenvalue weighted by atomic mass is 9.86. The summed E-state index contributed by atoms with van der Waals surface area (Å²) in [5.74, 6) is 1.20. The number of pyridine rings is 1. The number of fused-ring (bicyclic) bond motifs is 3. The zero-order valence-electron chi connectivity index (χ0n) is 19.5. The van der Waals surface area contributed by atoms with Gasteiger partial charge in [0, 0.05) is 17.7 Å². The van der Waals surface area contributed by atoms with Gasteiger partial charge in [0.15, 0.2) is 0 Å². The molecule has 0 aliphatic carbocycles. The molecule has 2 heterocycles. The molecule has 0 saturated carbocycles. The van der Waals surface area contributed by atoms with E-state index < -0.39 is 17.7 Å². The molecule has 2 aromatic carbocycles. The quantitative estimate of drug-likeness (QED) is 0.498. The number of carbonyl (C=O) groups is 1. The summed E-state index contributed by atoms with van der Waals surface area (Å²) < 4.78 is 13.1. The number of aliphatic hydroxyl groups is 1. The fraction of sp³-hybridized carbons (Fsp3) is 0.385. The number of rotatable bonds is 7. The van der Waals surface area contributed by atoms with Gasteiger partial charge in [-0.05, 0) is 50.1 Å². The van der Waals surface area contributed by atoms with E-state index in [1.807, 2.05) is 48.5 Å². The summed E-state index contributed by atoms with van der Waals surface area (Å²) in [7, 11) is 1.60. The topological polar surface area (TPSA) is 89.8 Å². The zero-order chi connectivity index (χ0) is 24.5. The Morgan fingerprint density at radius 3 is 2.59 bits per heavy atom. The SMILES string of the molecule is COc1ccc(Cn2c(=O)c3c(c4ccccc42)OC(C)(C)[C@@H](O)[C@@H]3NC(=O)CCCCl)cc1. The molecule has 1 aliphatic rings. The summed E-state index contributed by atoms with van der Waals surface area (Å²) in [6.45, 7) is 3.80. The number of nitrogens with one attached hydrogen (secondary N) is 1. The van der Waals surface area contributed by atoms with Crippen molar-refractivity contribution in [3.8, 4) is 11.5 Å². The molecule has 0 saturated heterocycles. The maximum absolute atomic E-state index is 13.9. The Labute approximate surface area is 203 Å². The zero-order valence-corrected chi connectivity index (χ0v) is 20.3. The lowest BCUT2D eigenvalue weighted by Crippen LogP contribution is -2.55. The van der Waals surface area contributed by atoms with Crippen molar-refractivity contribution in [2.45, 2.75) is 51.0 Å². The molecule has 0 radical (unpaired) electrons. The van der Waals surface area contributed by atoms with Crippen molar-refractivity contribution < 1.29 is 19.4 Å². The molecule has 2 N–H and O–H groups in total. The third kappa shape index (κ3) is 4.50. The summed E-state index contributed by atoms with van der Waals surface area (Å²) in [5.41, 5.74) is 0.532. The van der Waals surface area contributed by atoms with Crippen molar-refractivity contribution in [1.82, 2.24) is 9.88 Å². The van der Waals surface area contributed by atoms with Gasteiger partial charge in [-0.1, -0.05) is 24.3 Å². The molecule has 2 atom stereocenters. The summed E-state index contributed by atoms with van der Waals surface area (Å²) in [5, 5.41) is 14.7. The number of methoxy groups -OCH3 is 1. The highest BCUT2D eigenvalue weighted by Gasteiger charge is 2.46. The number of carbonyl (C=O) groups excluding carboxylic acids is 1. The molecular formula is C26H29ClN2O5. The van der Waals surface area contributed by atoms with Crippen LogP contribution in [0, 0.1) is 0 Å². The number of alkyl halides is 1. The molecule has 0 bridgehead atoms. The normalized spacial score (nSPS) is 18.7. The van der Waals surface area contributed by atoms with Gasteiger partial charge in [0.1, 0.15) is 23.2 Å². The van der Waals surface area contributed by atoms with Gasteiger partial charge in [0.25, 0.3) is 5.56 Å². The van der Waals surface area contributed by atoms with Gasteiger partial charge in [0.2, 0.25) is 5.91 Å². The second-order valence-corrected chi connectivity index (χ2v) is 9.37. The van der Waals surface area contributed by atoms with E-state index in [1.165, 1.54) is 0 Å². The monoisotopic (exact) mass is 484 g/mol. The maximum atomic E-state index is 13.9. The molecule has 0 fully saturated rings. The first-order valence-electron chi connectivity index (χ1n) is 11.3. The minimum absolute atomic E-state index is 0.205. The van der Waals surface area contributed by atoms with E-state index in [-0.39, 0.29) is 23.5 Å². The lowest BCUT2D eigenvalue weighted by molar-refractivity contribution is -0.125. The van der Waals surface area contributed by atoms with Crippen LogP contribution in [0.25, 0.3) is 10.9 Å². The van der Waals surface area contributed by atoms with Crippen LogP contribution in [0.4, 0.5) is 0 Å². The summed E-state index contributed by atoms with van der Waals surface area (Å²) in [6, 6.07) is 14.1. The van der Waals surface area contributed by atoms with E-state index >= 15 is 0 Å². The van der Waals surface area contributed by atoms with Crippen LogP contribution in [0.15, 0.2) is 53.3 Å². The van der Waals surface area contributed by atoms with Crippen LogP contribution in [0.5, 0.6) is 11.5 Å². The number of aromatic nitrogens is 1. The third-order valence-corrected chi connectivity index (χ3v) is 6.48. The fourth-order valence-electron chi connectivity index (χ4n) is 4.36. The first-order valence-corrected chi connectivity index (χ1v) is 11.8. The molecule has 4 rings (SSSR count). The molecule has 0 unspecified atom stereocenters. The van der Waals surface area contributed by atoms with Crippen molar-refractivity contribution in [2.75, 3.05) is 13.0 Å². The Balaban J connectivity index is 1.88. The van der Waals surface area contributed by atoms with Crippen LogP contribution < -0.4 is 20.3 Å².